The van der Waals surface area contributed by atoms with Gasteiger partial charge in [-0.15, -0.1) is 11.8 Å². The van der Waals surface area contributed by atoms with Gasteiger partial charge in [0.2, 0.25) is 5.91 Å². The minimum atomic E-state index is 0.0286. The van der Waals surface area contributed by atoms with Gasteiger partial charge in [-0.25, -0.2) is 4.98 Å². The number of anilines is 1. The summed E-state index contributed by atoms with van der Waals surface area (Å²) in [4.78, 5) is 15.7. The Labute approximate surface area is 122 Å². The van der Waals surface area contributed by atoms with Crippen molar-refractivity contribution in [1.29, 1.82) is 0 Å². The van der Waals surface area contributed by atoms with Gasteiger partial charge in [-0.1, -0.05) is 11.3 Å². The van der Waals surface area contributed by atoms with Crippen LogP contribution in [0.2, 0.25) is 0 Å². The Bertz CT molecular complexity index is 408. The van der Waals surface area contributed by atoms with Crippen LogP contribution < -0.4 is 11.1 Å². The summed E-state index contributed by atoms with van der Waals surface area (Å²) in [6.07, 6.45) is 1.08. The maximum absolute atomic E-state index is 11.6. The molecule has 0 aliphatic rings. The molecule has 1 amide bonds. The summed E-state index contributed by atoms with van der Waals surface area (Å²) in [6, 6.07) is 0. The molecule has 0 unspecified atom stereocenters. The molecule has 0 aromatic carbocycles. The number of hydrogen-bond donors (Lipinski definition) is 2. The highest BCUT2D eigenvalue weighted by atomic mass is 32.2. The van der Waals surface area contributed by atoms with Gasteiger partial charge in [0.25, 0.3) is 0 Å². The van der Waals surface area contributed by atoms with E-state index < -0.39 is 0 Å². The lowest BCUT2D eigenvalue weighted by molar-refractivity contribution is -0.118. The number of amides is 1. The van der Waals surface area contributed by atoms with E-state index in [-0.39, 0.29) is 12.0 Å². The second-order valence-electron chi connectivity index (χ2n) is 4.34. The number of aryl methyl sites for hydroxylation is 1. The lowest BCUT2D eigenvalue weighted by atomic mass is 10.4. The molecule has 1 aromatic rings. The van der Waals surface area contributed by atoms with Crippen molar-refractivity contribution in [3.63, 3.8) is 0 Å². The number of rotatable bonds is 8. The average molecular weight is 303 g/mol. The number of nitrogens with one attached hydrogen (secondary N) is 1. The zero-order chi connectivity index (χ0) is 14.3. The van der Waals surface area contributed by atoms with Gasteiger partial charge in [0.05, 0.1) is 21.8 Å². The van der Waals surface area contributed by atoms with Crippen molar-refractivity contribution < 1.29 is 9.53 Å². The van der Waals surface area contributed by atoms with Crippen LogP contribution in [-0.4, -0.2) is 35.9 Å². The summed E-state index contributed by atoms with van der Waals surface area (Å²) < 4.78 is 6.40. The van der Waals surface area contributed by atoms with Gasteiger partial charge in [0.15, 0.2) is 5.13 Å². The lowest BCUT2D eigenvalue weighted by Crippen LogP contribution is -2.27. The Morgan fingerprint density at radius 3 is 2.89 bits per heavy atom. The summed E-state index contributed by atoms with van der Waals surface area (Å²) in [5, 5.41) is 3.41. The smallest absolute Gasteiger partial charge is 0.230 e. The van der Waals surface area contributed by atoms with Gasteiger partial charge < -0.3 is 15.8 Å². The van der Waals surface area contributed by atoms with Crippen molar-refractivity contribution in [3.05, 3.63) is 5.69 Å². The first-order valence-corrected chi connectivity index (χ1v) is 8.03. The predicted octanol–water partition coefficient (Wildman–Crippen LogP) is 2.06. The Balaban J connectivity index is 2.13. The summed E-state index contributed by atoms with van der Waals surface area (Å²) in [7, 11) is 0. The number of carbonyl (C=O) groups excluding carboxylic acids is 1. The predicted molar refractivity (Wildman–Crippen MR) is 80.7 cm³/mol. The maximum atomic E-state index is 11.6. The van der Waals surface area contributed by atoms with Crippen LogP contribution in [0.4, 0.5) is 5.13 Å². The molecule has 19 heavy (non-hydrogen) atoms. The zero-order valence-electron chi connectivity index (χ0n) is 11.6. The number of thiazole rings is 1. The molecule has 0 radical (unpaired) electrons. The Kier molecular flexibility index (Phi) is 7.19. The highest BCUT2D eigenvalue weighted by Crippen LogP contribution is 2.30. The lowest BCUT2D eigenvalue weighted by Gasteiger charge is -2.08. The number of nitrogens with two attached hydrogens (primary N) is 1. The van der Waals surface area contributed by atoms with Crippen LogP contribution in [0.25, 0.3) is 0 Å². The van der Waals surface area contributed by atoms with Crippen molar-refractivity contribution in [2.45, 2.75) is 37.5 Å². The number of aromatic nitrogens is 1. The summed E-state index contributed by atoms with van der Waals surface area (Å²) in [6.45, 7) is 7.22. The minimum Gasteiger partial charge on any atom is -0.379 e. The van der Waals surface area contributed by atoms with Gasteiger partial charge in [-0.05, 0) is 27.2 Å². The number of nitrogens with zero attached hydrogens (tertiary/aromatic N) is 1. The molecule has 0 atom stereocenters. The van der Waals surface area contributed by atoms with Crippen LogP contribution in [0.1, 0.15) is 26.0 Å². The van der Waals surface area contributed by atoms with Gasteiger partial charge in [0.1, 0.15) is 0 Å². The third-order valence-electron chi connectivity index (χ3n) is 2.20. The fraction of sp³-hybridized carbons (Fsp3) is 0.667. The van der Waals surface area contributed by atoms with Crippen LogP contribution in [0, 0.1) is 6.92 Å². The van der Waals surface area contributed by atoms with Crippen LogP contribution >= 0.6 is 23.1 Å². The molecule has 5 nitrogen and oxygen atoms in total. The molecular formula is C12H21N3O2S2. The van der Waals surface area contributed by atoms with Crippen molar-refractivity contribution >= 4 is 34.1 Å². The summed E-state index contributed by atoms with van der Waals surface area (Å²) in [5.74, 6) is 0.425. The van der Waals surface area contributed by atoms with Gasteiger partial charge in [-0.3, -0.25) is 4.79 Å². The van der Waals surface area contributed by atoms with Gasteiger partial charge >= 0.3 is 0 Å². The summed E-state index contributed by atoms with van der Waals surface area (Å²) >= 11 is 2.90. The van der Waals surface area contributed by atoms with E-state index in [1.165, 1.54) is 23.1 Å². The van der Waals surface area contributed by atoms with E-state index in [9.17, 15) is 4.79 Å². The van der Waals surface area contributed by atoms with Crippen molar-refractivity contribution in [1.82, 2.24) is 10.3 Å². The number of nitrogen functional groups attached to an aromatic ring is 1. The third kappa shape index (κ3) is 6.79. The van der Waals surface area contributed by atoms with Gasteiger partial charge in [-0.2, -0.15) is 0 Å². The SMILES string of the molecule is Cc1nc(N)sc1SCC(=O)NCCCOC(C)C. The van der Waals surface area contributed by atoms with Crippen LogP contribution in [0.5, 0.6) is 0 Å². The first kappa shape index (κ1) is 16.3. The number of hydrogen-bond acceptors (Lipinski definition) is 6. The molecule has 108 valence electrons. The molecule has 1 aromatic heterocycles. The second kappa shape index (κ2) is 8.39. The quantitative estimate of drug-likeness (QED) is 0.568. The molecule has 0 saturated heterocycles. The van der Waals surface area contributed by atoms with E-state index in [2.05, 4.69) is 10.3 Å². The van der Waals surface area contributed by atoms with Crippen molar-refractivity contribution in [3.8, 4) is 0 Å². The molecule has 0 spiro atoms. The fourth-order valence-corrected chi connectivity index (χ4v) is 3.19. The maximum Gasteiger partial charge on any atom is 0.230 e. The number of carbonyl (C=O) groups is 1. The monoisotopic (exact) mass is 303 g/mol. The van der Waals surface area contributed by atoms with Gasteiger partial charge in [0, 0.05) is 13.2 Å². The van der Waals surface area contributed by atoms with E-state index in [0.29, 0.717) is 24.0 Å². The standard InChI is InChI=1S/C12H21N3O2S2/c1-8(2)17-6-4-5-14-10(16)7-18-11-9(3)15-12(13)19-11/h8H,4-7H2,1-3H3,(H2,13,15)(H,14,16). The first-order chi connectivity index (χ1) is 8.99. The average Bonchev–Trinajstić information content (AvgIpc) is 2.64. The molecule has 0 bridgehead atoms. The number of thioether (sulfide) groups is 1. The van der Waals surface area contributed by atoms with E-state index in [0.717, 1.165) is 16.3 Å². The molecule has 7 heteroatoms. The highest BCUT2D eigenvalue weighted by Gasteiger charge is 2.08. The Morgan fingerprint density at radius 1 is 1.58 bits per heavy atom. The van der Waals surface area contributed by atoms with Crippen LogP contribution in [-0.2, 0) is 9.53 Å². The molecule has 1 heterocycles. The van der Waals surface area contributed by atoms with Crippen molar-refractivity contribution in [2.24, 2.45) is 0 Å². The molecular weight excluding hydrogens is 282 g/mol. The van der Waals surface area contributed by atoms with Crippen LogP contribution in [0.15, 0.2) is 4.21 Å². The molecule has 3 N–H and O–H groups in total. The minimum absolute atomic E-state index is 0.0286. The topological polar surface area (TPSA) is 77.2 Å². The Morgan fingerprint density at radius 2 is 2.32 bits per heavy atom. The van der Waals surface area contributed by atoms with Crippen molar-refractivity contribution in [2.75, 3.05) is 24.6 Å². The first-order valence-electron chi connectivity index (χ1n) is 6.23. The fourth-order valence-electron chi connectivity index (χ4n) is 1.34. The molecule has 0 aliphatic carbocycles. The third-order valence-corrected chi connectivity index (χ3v) is 4.55. The number of ether oxygens (including phenoxy) is 1. The van der Waals surface area contributed by atoms with E-state index in [4.69, 9.17) is 10.5 Å². The molecule has 0 aliphatic heterocycles. The molecule has 0 saturated carbocycles. The van der Waals surface area contributed by atoms with Crippen LogP contribution in [0.3, 0.4) is 0 Å². The second-order valence-corrected chi connectivity index (χ2v) is 6.61. The highest BCUT2D eigenvalue weighted by molar-refractivity contribution is 8.01. The zero-order valence-corrected chi connectivity index (χ0v) is 13.2. The van der Waals surface area contributed by atoms with E-state index >= 15 is 0 Å². The summed E-state index contributed by atoms with van der Waals surface area (Å²) in [5.41, 5.74) is 6.50. The normalized spacial score (nSPS) is 10.9. The Hall–Kier alpha value is -0.790. The molecule has 0 fully saturated rings. The molecule has 1 rings (SSSR count). The van der Waals surface area contributed by atoms with E-state index in [1.807, 2.05) is 20.8 Å². The van der Waals surface area contributed by atoms with E-state index in [1.54, 1.807) is 0 Å². The largest absolute Gasteiger partial charge is 0.379 e.